The normalized spacial score (nSPS) is 12.0. The van der Waals surface area contributed by atoms with Gasteiger partial charge in [-0.3, -0.25) is 4.79 Å². The number of amides is 2. The number of aromatic nitrogens is 4. The van der Waals surface area contributed by atoms with Gasteiger partial charge in [-0.25, -0.2) is 4.79 Å². The number of aromatic amines is 1. The maximum atomic E-state index is 11.9. The predicted molar refractivity (Wildman–Crippen MR) is 81.3 cm³/mol. The predicted octanol–water partition coefficient (Wildman–Crippen LogP) is 0.681. The topological polar surface area (TPSA) is 105 Å². The van der Waals surface area contributed by atoms with E-state index in [2.05, 4.69) is 25.8 Å². The standard InChI is InChI=1S/C14H20N6O2/c1-8-5-9(2)17-13(21)11(8)6-15-14(22)18-10(3)12-19-16-7-20(12)4/h5,7,10H,6H2,1-4H3,(H,17,21)(H2,15,18,22). The number of carbonyl (C=O) groups excluding carboxylic acids is 1. The third kappa shape index (κ3) is 3.51. The molecule has 2 heterocycles. The van der Waals surface area contributed by atoms with Gasteiger partial charge in [-0.15, -0.1) is 10.2 Å². The minimum atomic E-state index is -0.366. The van der Waals surface area contributed by atoms with E-state index >= 15 is 0 Å². The highest BCUT2D eigenvalue weighted by Gasteiger charge is 2.14. The van der Waals surface area contributed by atoms with Crippen molar-refractivity contribution in [2.24, 2.45) is 7.05 Å². The fraction of sp³-hybridized carbons (Fsp3) is 0.429. The Morgan fingerprint density at radius 3 is 2.77 bits per heavy atom. The molecule has 8 heteroatoms. The number of nitrogens with one attached hydrogen (secondary N) is 3. The second-order valence-electron chi connectivity index (χ2n) is 5.29. The largest absolute Gasteiger partial charge is 0.334 e. The van der Waals surface area contributed by atoms with Gasteiger partial charge in [0.2, 0.25) is 0 Å². The number of H-pyrrole nitrogens is 1. The second kappa shape index (κ2) is 6.42. The summed E-state index contributed by atoms with van der Waals surface area (Å²) in [6, 6.07) is 1.22. The summed E-state index contributed by atoms with van der Waals surface area (Å²) in [6.45, 7) is 5.65. The molecule has 0 aliphatic heterocycles. The smallest absolute Gasteiger partial charge is 0.315 e. The van der Waals surface area contributed by atoms with Crippen molar-refractivity contribution < 1.29 is 4.79 Å². The minimum absolute atomic E-state index is 0.165. The van der Waals surface area contributed by atoms with Gasteiger partial charge in [-0.05, 0) is 32.4 Å². The van der Waals surface area contributed by atoms with Crippen molar-refractivity contribution in [1.82, 2.24) is 30.4 Å². The van der Waals surface area contributed by atoms with Gasteiger partial charge >= 0.3 is 6.03 Å². The van der Waals surface area contributed by atoms with Crippen LogP contribution in [0.15, 0.2) is 17.2 Å². The fourth-order valence-electron chi connectivity index (χ4n) is 2.27. The van der Waals surface area contributed by atoms with Crippen LogP contribution in [0.4, 0.5) is 4.79 Å². The summed E-state index contributed by atoms with van der Waals surface area (Å²) >= 11 is 0. The van der Waals surface area contributed by atoms with Crippen LogP contribution in [-0.4, -0.2) is 25.8 Å². The summed E-state index contributed by atoms with van der Waals surface area (Å²) in [5.74, 6) is 0.652. The van der Waals surface area contributed by atoms with Gasteiger partial charge in [-0.1, -0.05) is 0 Å². The average molecular weight is 304 g/mol. The highest BCUT2D eigenvalue weighted by Crippen LogP contribution is 2.07. The molecule has 2 rings (SSSR count). The molecule has 3 N–H and O–H groups in total. The number of hydrogen-bond donors (Lipinski definition) is 3. The van der Waals surface area contributed by atoms with E-state index in [4.69, 9.17) is 0 Å². The van der Waals surface area contributed by atoms with Crippen LogP contribution in [0.25, 0.3) is 0 Å². The second-order valence-corrected chi connectivity index (χ2v) is 5.29. The van der Waals surface area contributed by atoms with E-state index in [1.54, 1.807) is 17.9 Å². The first kappa shape index (κ1) is 15.7. The third-order valence-corrected chi connectivity index (χ3v) is 3.40. The van der Waals surface area contributed by atoms with Crippen molar-refractivity contribution in [3.63, 3.8) is 0 Å². The van der Waals surface area contributed by atoms with Gasteiger partial charge in [0.25, 0.3) is 5.56 Å². The van der Waals surface area contributed by atoms with Crippen molar-refractivity contribution in [2.75, 3.05) is 0 Å². The lowest BCUT2D eigenvalue weighted by atomic mass is 10.1. The minimum Gasteiger partial charge on any atom is -0.334 e. The molecule has 0 fully saturated rings. The molecule has 0 saturated carbocycles. The van der Waals surface area contributed by atoms with E-state index in [-0.39, 0.29) is 24.2 Å². The number of rotatable bonds is 4. The maximum Gasteiger partial charge on any atom is 0.315 e. The monoisotopic (exact) mass is 304 g/mol. The quantitative estimate of drug-likeness (QED) is 0.772. The van der Waals surface area contributed by atoms with Gasteiger partial charge in [0.1, 0.15) is 6.33 Å². The SMILES string of the molecule is Cc1cc(C)c(CNC(=O)NC(C)c2nncn2C)c(=O)[nH]1. The summed E-state index contributed by atoms with van der Waals surface area (Å²) in [7, 11) is 1.81. The molecule has 0 aliphatic rings. The number of pyridine rings is 1. The Morgan fingerprint density at radius 1 is 1.45 bits per heavy atom. The number of carbonyl (C=O) groups is 1. The molecule has 1 unspecified atom stereocenters. The van der Waals surface area contributed by atoms with Gasteiger partial charge in [0, 0.05) is 18.3 Å². The fourth-order valence-corrected chi connectivity index (χ4v) is 2.27. The molecular weight excluding hydrogens is 284 g/mol. The van der Waals surface area contributed by atoms with Crippen LogP contribution in [0, 0.1) is 13.8 Å². The molecule has 0 spiro atoms. The Morgan fingerprint density at radius 2 is 2.18 bits per heavy atom. The summed E-state index contributed by atoms with van der Waals surface area (Å²) in [4.78, 5) is 26.5. The third-order valence-electron chi connectivity index (χ3n) is 3.40. The Balaban J connectivity index is 1.96. The Labute approximate surface area is 128 Å². The first-order valence-electron chi connectivity index (χ1n) is 6.96. The van der Waals surface area contributed by atoms with Gasteiger partial charge in [-0.2, -0.15) is 0 Å². The zero-order valence-electron chi connectivity index (χ0n) is 13.1. The lowest BCUT2D eigenvalue weighted by molar-refractivity contribution is 0.237. The highest BCUT2D eigenvalue weighted by atomic mass is 16.2. The lowest BCUT2D eigenvalue weighted by Gasteiger charge is -2.14. The molecule has 118 valence electrons. The van der Waals surface area contributed by atoms with Crippen LogP contribution in [0.3, 0.4) is 0 Å². The summed E-state index contributed by atoms with van der Waals surface area (Å²) in [6.07, 6.45) is 1.57. The van der Waals surface area contributed by atoms with Gasteiger partial charge in [0.15, 0.2) is 5.82 Å². The Hall–Kier alpha value is -2.64. The van der Waals surface area contributed by atoms with E-state index in [9.17, 15) is 9.59 Å². The molecule has 22 heavy (non-hydrogen) atoms. The van der Waals surface area contributed by atoms with Crippen molar-refractivity contribution >= 4 is 6.03 Å². The van der Waals surface area contributed by atoms with Crippen molar-refractivity contribution in [3.05, 3.63) is 45.4 Å². The van der Waals surface area contributed by atoms with Crippen LogP contribution in [-0.2, 0) is 13.6 Å². The maximum absolute atomic E-state index is 11.9. The summed E-state index contributed by atoms with van der Waals surface area (Å²) < 4.78 is 1.74. The van der Waals surface area contributed by atoms with Crippen LogP contribution >= 0.6 is 0 Å². The van der Waals surface area contributed by atoms with Crippen molar-refractivity contribution in [3.8, 4) is 0 Å². The molecule has 0 aromatic carbocycles. The Kier molecular flexibility index (Phi) is 4.59. The molecule has 2 aromatic heterocycles. The molecule has 8 nitrogen and oxygen atoms in total. The van der Waals surface area contributed by atoms with Crippen molar-refractivity contribution in [2.45, 2.75) is 33.4 Å². The first-order chi connectivity index (χ1) is 10.4. The number of hydrogen-bond acceptors (Lipinski definition) is 4. The highest BCUT2D eigenvalue weighted by molar-refractivity contribution is 5.74. The average Bonchev–Trinajstić information content (AvgIpc) is 2.83. The van der Waals surface area contributed by atoms with Crippen molar-refractivity contribution in [1.29, 1.82) is 0 Å². The zero-order chi connectivity index (χ0) is 16.3. The van der Waals surface area contributed by atoms with E-state index in [1.807, 2.05) is 26.8 Å². The molecule has 0 radical (unpaired) electrons. The van der Waals surface area contributed by atoms with Crippen LogP contribution < -0.4 is 16.2 Å². The van der Waals surface area contributed by atoms with E-state index in [1.165, 1.54) is 0 Å². The summed E-state index contributed by atoms with van der Waals surface area (Å²) in [5.41, 5.74) is 2.01. The van der Waals surface area contributed by atoms with E-state index in [0.717, 1.165) is 11.3 Å². The molecule has 2 aromatic rings. The Bertz CT molecular complexity index is 733. The lowest BCUT2D eigenvalue weighted by Crippen LogP contribution is -2.38. The van der Waals surface area contributed by atoms with E-state index in [0.29, 0.717) is 11.4 Å². The van der Waals surface area contributed by atoms with Crippen LogP contribution in [0.1, 0.15) is 35.6 Å². The molecule has 0 bridgehead atoms. The first-order valence-corrected chi connectivity index (χ1v) is 6.96. The molecule has 0 aliphatic carbocycles. The molecule has 2 amide bonds. The van der Waals surface area contributed by atoms with Crippen LogP contribution in [0.5, 0.6) is 0 Å². The number of urea groups is 1. The molecular formula is C14H20N6O2. The van der Waals surface area contributed by atoms with Crippen LogP contribution in [0.2, 0.25) is 0 Å². The number of aryl methyl sites for hydroxylation is 3. The van der Waals surface area contributed by atoms with Gasteiger partial charge in [0.05, 0.1) is 12.6 Å². The van der Waals surface area contributed by atoms with Gasteiger partial charge < -0.3 is 20.2 Å². The summed E-state index contributed by atoms with van der Waals surface area (Å²) in [5, 5.41) is 13.2. The van der Waals surface area contributed by atoms with E-state index < -0.39 is 0 Å². The molecule has 0 saturated heterocycles. The number of nitrogens with zero attached hydrogens (tertiary/aromatic N) is 3. The zero-order valence-corrected chi connectivity index (χ0v) is 13.1. The molecule has 1 atom stereocenters.